The summed E-state index contributed by atoms with van der Waals surface area (Å²) >= 11 is 0. The zero-order valence-corrected chi connectivity index (χ0v) is 28.1. The van der Waals surface area contributed by atoms with Gasteiger partial charge in [-0.2, -0.15) is 10.0 Å². The largest absolute Gasteiger partial charge is 0.414 e. The molecule has 1 unspecified atom stereocenters. The van der Waals surface area contributed by atoms with Crippen molar-refractivity contribution in [1.29, 1.82) is 0 Å². The van der Waals surface area contributed by atoms with Crippen LogP contribution in [0.25, 0.3) is 0 Å². The van der Waals surface area contributed by atoms with Gasteiger partial charge in [0, 0.05) is 38.9 Å². The first-order valence-corrected chi connectivity index (χ1v) is 18.5. The van der Waals surface area contributed by atoms with Gasteiger partial charge in [-0.25, -0.2) is 4.79 Å². The Labute approximate surface area is 241 Å². The zero-order valence-electron chi connectivity index (χ0n) is 26.1. The molecule has 11 nitrogen and oxygen atoms in total. The predicted octanol–water partition coefficient (Wildman–Crippen LogP) is 4.62. The Morgan fingerprint density at radius 1 is 1.05 bits per heavy atom. The molecule has 0 spiro atoms. The number of carbonyl (C=O) groups is 1. The van der Waals surface area contributed by atoms with Gasteiger partial charge in [-0.3, -0.25) is 14.2 Å². The second kappa shape index (κ2) is 13.2. The van der Waals surface area contributed by atoms with Crippen LogP contribution >= 0.6 is 0 Å². The van der Waals surface area contributed by atoms with Gasteiger partial charge in [0.05, 0.1) is 6.61 Å². The van der Waals surface area contributed by atoms with E-state index < -0.39 is 41.2 Å². The number of anilines is 1. The van der Waals surface area contributed by atoms with E-state index in [1.54, 1.807) is 18.2 Å². The minimum Gasteiger partial charge on any atom is -0.414 e. The lowest BCUT2D eigenvalue weighted by Gasteiger charge is -2.49. The molecule has 2 aliphatic rings. The first-order chi connectivity index (χ1) is 18.6. The lowest BCUT2D eigenvalue weighted by molar-refractivity contribution is -0.221. The molecule has 2 saturated heterocycles. The van der Waals surface area contributed by atoms with E-state index in [1.807, 2.05) is 7.05 Å². The van der Waals surface area contributed by atoms with Crippen LogP contribution in [0, 0.1) is 6.92 Å². The van der Waals surface area contributed by atoms with Crippen LogP contribution in [0.15, 0.2) is 11.0 Å². The van der Waals surface area contributed by atoms with Crippen LogP contribution in [0.4, 0.5) is 5.82 Å². The Morgan fingerprint density at radius 2 is 1.65 bits per heavy atom. The van der Waals surface area contributed by atoms with Gasteiger partial charge in [-0.1, -0.05) is 55.4 Å². The Kier molecular flexibility index (Phi) is 10.9. The molecule has 2 fully saturated rings. The van der Waals surface area contributed by atoms with Crippen LogP contribution in [-0.2, 0) is 27.3 Å². The molecule has 1 N–H and O–H groups in total. The average molecular weight is 599 g/mol. The second-order valence-corrected chi connectivity index (χ2v) is 21.2. The summed E-state index contributed by atoms with van der Waals surface area (Å²) in [5.74, 6) is -0.0583. The van der Waals surface area contributed by atoms with E-state index in [0.717, 1.165) is 6.42 Å². The minimum atomic E-state index is -2.96. The van der Waals surface area contributed by atoms with Crippen molar-refractivity contribution in [2.24, 2.45) is 0 Å². The van der Waals surface area contributed by atoms with E-state index in [9.17, 15) is 9.59 Å². The fraction of sp³-hybridized carbons (Fsp3) is 0.815. The first kappa shape index (κ1) is 33.1. The minimum absolute atomic E-state index is 0.129. The van der Waals surface area contributed by atoms with Crippen LogP contribution in [0.5, 0.6) is 0 Å². The van der Waals surface area contributed by atoms with Gasteiger partial charge >= 0.3 is 22.8 Å². The van der Waals surface area contributed by atoms with Gasteiger partial charge in [0.1, 0.15) is 11.9 Å². The zero-order chi connectivity index (χ0) is 30.0. The summed E-state index contributed by atoms with van der Waals surface area (Å²) in [7, 11) is -3.80. The van der Waals surface area contributed by atoms with E-state index >= 15 is 0 Å². The van der Waals surface area contributed by atoms with E-state index in [-0.39, 0.29) is 40.5 Å². The fourth-order valence-electron chi connectivity index (χ4n) is 5.80. The second-order valence-electron chi connectivity index (χ2n) is 12.3. The molecule has 0 saturated carbocycles. The molecule has 1 aromatic rings. The molecule has 0 bridgehead atoms. The molecule has 3 atom stereocenters. The van der Waals surface area contributed by atoms with Crippen molar-refractivity contribution in [1.82, 2.24) is 14.6 Å². The van der Waals surface area contributed by atoms with Crippen molar-refractivity contribution in [3.63, 3.8) is 0 Å². The van der Waals surface area contributed by atoms with Crippen LogP contribution < -0.4 is 11.0 Å². The third-order valence-electron chi connectivity index (χ3n) is 7.90. The lowest BCUT2D eigenvalue weighted by atomic mass is 10.2. The maximum Gasteiger partial charge on any atom is 0.351 e. The number of nitrogens with one attached hydrogen (secondary N) is 1. The highest BCUT2D eigenvalue weighted by Gasteiger charge is 2.58. The number of amides is 1. The fourth-order valence-corrected chi connectivity index (χ4v) is 17.0. The van der Waals surface area contributed by atoms with Gasteiger partial charge in [0.15, 0.2) is 12.3 Å². The van der Waals surface area contributed by atoms with Crippen LogP contribution in [-0.4, -0.2) is 76.7 Å². The molecular formula is C27H50N4O7Si2. The molecule has 40 heavy (non-hydrogen) atoms. The average Bonchev–Trinajstić information content (AvgIpc) is 3.21. The van der Waals surface area contributed by atoms with Crippen LogP contribution in [0.3, 0.4) is 0 Å². The molecule has 3 rings (SSSR count). The van der Waals surface area contributed by atoms with Crippen molar-refractivity contribution in [2.45, 2.75) is 116 Å². The van der Waals surface area contributed by atoms with Gasteiger partial charge in [0.25, 0.3) is 0 Å². The molecule has 1 aromatic heterocycles. The summed E-state index contributed by atoms with van der Waals surface area (Å²) in [4.78, 5) is 35.3. The van der Waals surface area contributed by atoms with Gasteiger partial charge < -0.3 is 23.0 Å². The molecule has 228 valence electrons. The van der Waals surface area contributed by atoms with E-state index in [4.69, 9.17) is 22.5 Å². The van der Waals surface area contributed by atoms with Gasteiger partial charge in [-0.15, -0.1) is 0 Å². The van der Waals surface area contributed by atoms with Crippen molar-refractivity contribution in [3.8, 4) is 0 Å². The molecule has 0 aliphatic carbocycles. The van der Waals surface area contributed by atoms with Crippen molar-refractivity contribution < 1.29 is 27.3 Å². The summed E-state index contributed by atoms with van der Waals surface area (Å²) in [6.45, 7) is 22.1. The van der Waals surface area contributed by atoms with Crippen molar-refractivity contribution >= 4 is 28.8 Å². The molecule has 1 amide bonds. The summed E-state index contributed by atoms with van der Waals surface area (Å²) in [6, 6.07) is 0. The SMILES string of the molecule is CC(=O)Nc1nc(=O)n([C@@H]2OCC3O[Si](C(C)C)(C(C)C)O[Si](C(C)C)(C(C)C)OCCCN(C)O[C@@H]32)cc1C. The number of nitrogens with zero attached hydrogens (tertiary/aromatic N) is 3. The Balaban J connectivity index is 2.10. The van der Waals surface area contributed by atoms with Crippen molar-refractivity contribution in [3.05, 3.63) is 22.2 Å². The van der Waals surface area contributed by atoms with Crippen LogP contribution in [0.1, 0.15) is 80.5 Å². The smallest absolute Gasteiger partial charge is 0.351 e. The topological polar surface area (TPSA) is 113 Å². The molecule has 3 heterocycles. The number of aryl methyl sites for hydroxylation is 1. The molecule has 2 aliphatic heterocycles. The number of aromatic nitrogens is 2. The number of rotatable bonds is 6. The Hall–Kier alpha value is -1.46. The third-order valence-corrected chi connectivity index (χ3v) is 18.2. The van der Waals surface area contributed by atoms with Crippen molar-refractivity contribution in [2.75, 3.05) is 32.1 Å². The highest BCUT2D eigenvalue weighted by Crippen LogP contribution is 2.46. The van der Waals surface area contributed by atoms with Crippen LogP contribution in [0.2, 0.25) is 22.2 Å². The van der Waals surface area contributed by atoms with Gasteiger partial charge in [-0.05, 0) is 35.5 Å². The number of hydroxylamine groups is 2. The normalized spacial score (nSPS) is 26.1. The maximum atomic E-state index is 13.2. The number of fused-ring (bicyclic) bond motifs is 1. The first-order valence-electron chi connectivity index (χ1n) is 14.5. The number of hydrogen-bond donors (Lipinski definition) is 1. The monoisotopic (exact) mass is 598 g/mol. The summed E-state index contributed by atoms with van der Waals surface area (Å²) < 4.78 is 29.0. The maximum absolute atomic E-state index is 13.2. The highest BCUT2D eigenvalue weighted by atomic mass is 28.5. The van der Waals surface area contributed by atoms with E-state index in [2.05, 4.69) is 65.7 Å². The third kappa shape index (κ3) is 6.78. The summed E-state index contributed by atoms with van der Waals surface area (Å²) in [5, 5.41) is 4.40. The lowest BCUT2D eigenvalue weighted by Crippen LogP contribution is -2.63. The standard InChI is InChI=1S/C27H50N4O7Si2/c1-17(2)39(18(3)4)35-14-12-13-30(11)36-24-23(37-40(38-39,19(5)6)20(7)8)16-34-26(24)31-15-21(9)25(28-22(10)32)29-27(31)33/h15,17-20,23-24,26H,12-14,16H2,1-11H3,(H,28,29,32,33)/t23?,24-,26+/m0/s1. The Morgan fingerprint density at radius 3 is 2.20 bits per heavy atom. The predicted molar refractivity (Wildman–Crippen MR) is 158 cm³/mol. The quantitative estimate of drug-likeness (QED) is 0.469. The molecule has 0 aromatic carbocycles. The number of ether oxygens (including phenoxy) is 1. The molecule has 13 heteroatoms. The van der Waals surface area contributed by atoms with E-state index in [1.165, 1.54) is 11.5 Å². The summed E-state index contributed by atoms with van der Waals surface area (Å²) in [6.07, 6.45) is 0.569. The van der Waals surface area contributed by atoms with Gasteiger partial charge in [0.2, 0.25) is 5.91 Å². The summed E-state index contributed by atoms with van der Waals surface area (Å²) in [5.41, 5.74) is 0.826. The number of hydrogen-bond acceptors (Lipinski definition) is 9. The number of carbonyl (C=O) groups excluding carboxylic acids is 1. The molecule has 0 radical (unpaired) electrons. The van der Waals surface area contributed by atoms with E-state index in [0.29, 0.717) is 18.7 Å². The Bertz CT molecular complexity index is 1070. The highest BCUT2D eigenvalue weighted by molar-refractivity contribution is 6.83. The molecular weight excluding hydrogens is 548 g/mol.